The van der Waals surface area contributed by atoms with Crippen molar-refractivity contribution in [3.63, 3.8) is 0 Å². The Bertz CT molecular complexity index is 624. The first kappa shape index (κ1) is 14.1. The molecule has 2 atom stereocenters. The van der Waals surface area contributed by atoms with Gasteiger partial charge in [-0.25, -0.2) is 0 Å². The van der Waals surface area contributed by atoms with Gasteiger partial charge in [-0.05, 0) is 43.5 Å². The molecule has 2 unspecified atom stereocenters. The van der Waals surface area contributed by atoms with Crippen molar-refractivity contribution in [1.82, 2.24) is 10.1 Å². The number of methoxy groups -OCH3 is 1. The van der Waals surface area contributed by atoms with Gasteiger partial charge in [-0.15, -0.1) is 0 Å². The molecule has 112 valence electrons. The van der Waals surface area contributed by atoms with Crippen LogP contribution in [0.5, 0.6) is 5.75 Å². The van der Waals surface area contributed by atoms with Crippen molar-refractivity contribution in [2.45, 2.75) is 44.6 Å². The molecule has 1 aromatic carbocycles. The molecular formula is C16H21N3O2. The van der Waals surface area contributed by atoms with Crippen molar-refractivity contribution in [3.05, 3.63) is 29.7 Å². The molecule has 0 radical (unpaired) electrons. The highest BCUT2D eigenvalue weighted by molar-refractivity contribution is 5.58. The fraction of sp³-hybridized carbons (Fsp3) is 0.500. The van der Waals surface area contributed by atoms with Crippen LogP contribution in [0.25, 0.3) is 11.4 Å². The highest BCUT2D eigenvalue weighted by Gasteiger charge is 2.28. The molecule has 1 aliphatic carbocycles. The van der Waals surface area contributed by atoms with Crippen LogP contribution in [0.1, 0.15) is 43.1 Å². The van der Waals surface area contributed by atoms with E-state index in [9.17, 15) is 0 Å². The zero-order valence-electron chi connectivity index (χ0n) is 12.5. The number of hydrogen-bond acceptors (Lipinski definition) is 5. The van der Waals surface area contributed by atoms with E-state index in [0.29, 0.717) is 11.7 Å². The molecule has 0 aliphatic heterocycles. The number of nitrogens with two attached hydrogens (primary N) is 1. The summed E-state index contributed by atoms with van der Waals surface area (Å²) in [6.07, 6.45) is 4.43. The van der Waals surface area contributed by atoms with E-state index in [4.69, 9.17) is 15.0 Å². The summed E-state index contributed by atoms with van der Waals surface area (Å²) in [6.45, 7) is 2.00. The molecule has 3 rings (SSSR count). The van der Waals surface area contributed by atoms with E-state index in [1.165, 1.54) is 12.8 Å². The Morgan fingerprint density at radius 2 is 2.10 bits per heavy atom. The average Bonchev–Trinajstić information content (AvgIpc) is 2.97. The highest BCUT2D eigenvalue weighted by atomic mass is 16.5. The maximum atomic E-state index is 6.18. The smallest absolute Gasteiger partial charge is 0.231 e. The molecule has 5 heteroatoms. The van der Waals surface area contributed by atoms with Gasteiger partial charge in [0.1, 0.15) is 5.75 Å². The van der Waals surface area contributed by atoms with Crippen LogP contribution in [0, 0.1) is 6.92 Å². The van der Waals surface area contributed by atoms with Crippen LogP contribution >= 0.6 is 0 Å². The number of aromatic nitrogens is 2. The predicted molar refractivity (Wildman–Crippen MR) is 80.2 cm³/mol. The van der Waals surface area contributed by atoms with Gasteiger partial charge in [-0.1, -0.05) is 18.0 Å². The van der Waals surface area contributed by atoms with Crippen LogP contribution in [-0.2, 0) is 0 Å². The summed E-state index contributed by atoms with van der Waals surface area (Å²) < 4.78 is 10.7. The van der Waals surface area contributed by atoms with Crippen molar-refractivity contribution in [1.29, 1.82) is 0 Å². The third-order valence-corrected chi connectivity index (χ3v) is 4.23. The number of hydrogen-bond donors (Lipinski definition) is 1. The van der Waals surface area contributed by atoms with Crippen LogP contribution in [-0.4, -0.2) is 23.3 Å². The molecule has 21 heavy (non-hydrogen) atoms. The van der Waals surface area contributed by atoms with Gasteiger partial charge in [0.25, 0.3) is 0 Å². The summed E-state index contributed by atoms with van der Waals surface area (Å²) in [5, 5.41) is 4.11. The van der Waals surface area contributed by atoms with Gasteiger partial charge in [0.2, 0.25) is 11.7 Å². The first-order valence-electron chi connectivity index (χ1n) is 7.43. The first-order valence-corrected chi connectivity index (χ1v) is 7.43. The second-order valence-corrected chi connectivity index (χ2v) is 5.70. The molecule has 1 heterocycles. The largest absolute Gasteiger partial charge is 0.496 e. The molecule has 2 N–H and O–H groups in total. The summed E-state index contributed by atoms with van der Waals surface area (Å²) in [5.74, 6) is 2.34. The number of ether oxygens (including phenoxy) is 1. The van der Waals surface area contributed by atoms with E-state index in [1.807, 2.05) is 25.1 Å². The Kier molecular flexibility index (Phi) is 3.92. The number of benzene rings is 1. The van der Waals surface area contributed by atoms with Crippen LogP contribution < -0.4 is 10.5 Å². The quantitative estimate of drug-likeness (QED) is 0.939. The molecule has 1 aromatic heterocycles. The lowest BCUT2D eigenvalue weighted by Crippen LogP contribution is -2.31. The summed E-state index contributed by atoms with van der Waals surface area (Å²) >= 11 is 0. The molecule has 0 bridgehead atoms. The lowest BCUT2D eigenvalue weighted by Gasteiger charge is -2.25. The molecule has 0 spiro atoms. The Morgan fingerprint density at radius 1 is 1.29 bits per heavy atom. The van der Waals surface area contributed by atoms with E-state index in [2.05, 4.69) is 10.1 Å². The van der Waals surface area contributed by atoms with Gasteiger partial charge in [0.05, 0.1) is 13.0 Å². The topological polar surface area (TPSA) is 74.2 Å². The van der Waals surface area contributed by atoms with E-state index < -0.39 is 0 Å². The van der Waals surface area contributed by atoms with E-state index in [0.717, 1.165) is 29.7 Å². The van der Waals surface area contributed by atoms with Crippen LogP contribution in [0.4, 0.5) is 0 Å². The van der Waals surface area contributed by atoms with Crippen molar-refractivity contribution in [3.8, 4) is 17.1 Å². The monoisotopic (exact) mass is 287 g/mol. The fourth-order valence-electron chi connectivity index (χ4n) is 2.99. The molecule has 0 saturated heterocycles. The van der Waals surface area contributed by atoms with Gasteiger partial charge >= 0.3 is 0 Å². The number of aryl methyl sites for hydroxylation is 1. The predicted octanol–water partition coefficient (Wildman–Crippen LogP) is 3.04. The maximum Gasteiger partial charge on any atom is 0.231 e. The van der Waals surface area contributed by atoms with Gasteiger partial charge in [0, 0.05) is 11.6 Å². The SMILES string of the molecule is COc1ccc(-c2noc(C3CCCCC3N)n2)cc1C. The van der Waals surface area contributed by atoms with Crippen LogP contribution in [0.15, 0.2) is 22.7 Å². The summed E-state index contributed by atoms with van der Waals surface area (Å²) in [6, 6.07) is 6.01. The Hall–Kier alpha value is -1.88. The average molecular weight is 287 g/mol. The number of rotatable bonds is 3. The Labute approximate surface area is 124 Å². The van der Waals surface area contributed by atoms with Crippen molar-refractivity contribution in [2.24, 2.45) is 5.73 Å². The van der Waals surface area contributed by atoms with E-state index >= 15 is 0 Å². The normalized spacial score (nSPS) is 22.2. The van der Waals surface area contributed by atoms with Gasteiger partial charge < -0.3 is 15.0 Å². The molecule has 5 nitrogen and oxygen atoms in total. The van der Waals surface area contributed by atoms with Crippen LogP contribution in [0.2, 0.25) is 0 Å². The van der Waals surface area contributed by atoms with Gasteiger partial charge in [0.15, 0.2) is 0 Å². The van der Waals surface area contributed by atoms with Crippen molar-refractivity contribution < 1.29 is 9.26 Å². The second kappa shape index (κ2) is 5.85. The highest BCUT2D eigenvalue weighted by Crippen LogP contribution is 2.32. The fourth-order valence-corrected chi connectivity index (χ4v) is 2.99. The molecule has 1 fully saturated rings. The minimum absolute atomic E-state index is 0.129. The lowest BCUT2D eigenvalue weighted by molar-refractivity contribution is 0.290. The van der Waals surface area contributed by atoms with Crippen LogP contribution in [0.3, 0.4) is 0 Å². The Balaban J connectivity index is 1.86. The minimum atomic E-state index is 0.129. The number of nitrogens with zero attached hydrogens (tertiary/aromatic N) is 2. The standard InChI is InChI=1S/C16H21N3O2/c1-10-9-11(7-8-14(10)20-2)15-18-16(21-19-15)12-5-3-4-6-13(12)17/h7-9,12-13H,3-6,17H2,1-2H3. The molecule has 2 aromatic rings. The summed E-state index contributed by atoms with van der Waals surface area (Å²) in [5.41, 5.74) is 8.17. The van der Waals surface area contributed by atoms with Crippen molar-refractivity contribution in [2.75, 3.05) is 7.11 Å². The summed E-state index contributed by atoms with van der Waals surface area (Å²) in [4.78, 5) is 4.55. The van der Waals surface area contributed by atoms with E-state index in [-0.39, 0.29) is 12.0 Å². The molecule has 1 saturated carbocycles. The maximum absolute atomic E-state index is 6.18. The molecule has 0 amide bonds. The molecular weight excluding hydrogens is 266 g/mol. The lowest BCUT2D eigenvalue weighted by atomic mass is 9.85. The third kappa shape index (κ3) is 2.78. The first-order chi connectivity index (χ1) is 10.2. The van der Waals surface area contributed by atoms with Gasteiger partial charge in [-0.3, -0.25) is 0 Å². The third-order valence-electron chi connectivity index (χ3n) is 4.23. The van der Waals surface area contributed by atoms with Gasteiger partial charge in [-0.2, -0.15) is 4.98 Å². The second-order valence-electron chi connectivity index (χ2n) is 5.70. The summed E-state index contributed by atoms with van der Waals surface area (Å²) in [7, 11) is 1.67. The Morgan fingerprint density at radius 3 is 2.81 bits per heavy atom. The molecule has 1 aliphatic rings. The zero-order valence-corrected chi connectivity index (χ0v) is 12.5. The van der Waals surface area contributed by atoms with E-state index in [1.54, 1.807) is 7.11 Å². The minimum Gasteiger partial charge on any atom is -0.496 e. The van der Waals surface area contributed by atoms with Crippen molar-refractivity contribution >= 4 is 0 Å². The zero-order chi connectivity index (χ0) is 14.8.